The fourth-order valence-corrected chi connectivity index (χ4v) is 1.38. The number of pyridine rings is 1. The molecule has 0 fully saturated rings. The smallest absolute Gasteiger partial charge is 0.288 e. The number of hydrogen-bond donors (Lipinski definition) is 1. The zero-order valence-electron chi connectivity index (χ0n) is 9.51. The summed E-state index contributed by atoms with van der Waals surface area (Å²) in [6.07, 6.45) is 6.73. The van der Waals surface area contributed by atoms with E-state index in [0.717, 1.165) is 12.3 Å². The molecule has 0 aromatic carbocycles. The third kappa shape index (κ3) is 3.18. The second kappa shape index (κ2) is 5.98. The molecule has 94 valence electrons. The van der Waals surface area contributed by atoms with Gasteiger partial charge in [-0.15, -0.1) is 6.42 Å². The zero-order chi connectivity index (χ0) is 13.7. The molecule has 1 unspecified atom stereocenters. The quantitative estimate of drug-likeness (QED) is 0.390. The first kappa shape index (κ1) is 13.9. The standard InChI is InChI=1S/C11H10ClN3O3/c1-3-7(4-2)14-11(16)9-5-8(15(17)18)6-13-10(9)12/h1,5-7H,4H2,2H3,(H,14,16). The third-order valence-corrected chi connectivity index (χ3v) is 2.50. The maximum absolute atomic E-state index is 11.8. The van der Waals surface area contributed by atoms with E-state index in [1.165, 1.54) is 0 Å². The van der Waals surface area contributed by atoms with Crippen LogP contribution in [-0.4, -0.2) is 21.9 Å². The van der Waals surface area contributed by atoms with Gasteiger partial charge in [0.15, 0.2) is 0 Å². The van der Waals surface area contributed by atoms with Gasteiger partial charge in [0, 0.05) is 6.07 Å². The molecule has 1 rings (SSSR count). The molecule has 0 saturated heterocycles. The van der Waals surface area contributed by atoms with Gasteiger partial charge in [0.05, 0.1) is 16.5 Å². The third-order valence-electron chi connectivity index (χ3n) is 2.19. The van der Waals surface area contributed by atoms with Crippen LogP contribution in [0.2, 0.25) is 5.15 Å². The maximum atomic E-state index is 11.8. The van der Waals surface area contributed by atoms with E-state index in [2.05, 4.69) is 16.2 Å². The van der Waals surface area contributed by atoms with Crippen LogP contribution in [0, 0.1) is 22.5 Å². The summed E-state index contributed by atoms with van der Waals surface area (Å²) in [5, 5.41) is 13.0. The molecule has 0 spiro atoms. The van der Waals surface area contributed by atoms with Crippen LogP contribution in [-0.2, 0) is 0 Å². The highest BCUT2D eigenvalue weighted by Crippen LogP contribution is 2.19. The molecule has 1 heterocycles. The van der Waals surface area contributed by atoms with Gasteiger partial charge in [-0.25, -0.2) is 4.98 Å². The van der Waals surface area contributed by atoms with Crippen LogP contribution < -0.4 is 5.32 Å². The monoisotopic (exact) mass is 267 g/mol. The van der Waals surface area contributed by atoms with Gasteiger partial charge < -0.3 is 5.32 Å². The molecule has 18 heavy (non-hydrogen) atoms. The summed E-state index contributed by atoms with van der Waals surface area (Å²) in [5.41, 5.74) is -0.377. The molecule has 0 aliphatic carbocycles. The molecule has 6 nitrogen and oxygen atoms in total. The summed E-state index contributed by atoms with van der Waals surface area (Å²) in [4.78, 5) is 25.3. The lowest BCUT2D eigenvalue weighted by Crippen LogP contribution is -2.33. The second-order valence-corrected chi connectivity index (χ2v) is 3.75. The Morgan fingerprint density at radius 3 is 2.94 bits per heavy atom. The minimum atomic E-state index is -0.654. The van der Waals surface area contributed by atoms with Crippen LogP contribution in [0.1, 0.15) is 23.7 Å². The average Bonchev–Trinajstić information content (AvgIpc) is 2.35. The fraction of sp³-hybridized carbons (Fsp3) is 0.273. The summed E-state index contributed by atoms with van der Waals surface area (Å²) >= 11 is 5.72. The number of halogens is 1. The lowest BCUT2D eigenvalue weighted by molar-refractivity contribution is -0.385. The number of amides is 1. The minimum Gasteiger partial charge on any atom is -0.338 e. The number of rotatable bonds is 4. The van der Waals surface area contributed by atoms with Gasteiger partial charge in [-0.2, -0.15) is 0 Å². The number of terminal acetylenes is 1. The first-order chi connectivity index (χ1) is 8.49. The van der Waals surface area contributed by atoms with E-state index in [-0.39, 0.29) is 16.4 Å². The summed E-state index contributed by atoms with van der Waals surface area (Å²) < 4.78 is 0. The predicted octanol–water partition coefficient (Wildman–Crippen LogP) is 1.78. The Balaban J connectivity index is 3.02. The van der Waals surface area contributed by atoms with Gasteiger partial charge in [0.25, 0.3) is 11.6 Å². The molecule has 0 aliphatic heterocycles. The minimum absolute atomic E-state index is 0.0698. The average molecular weight is 268 g/mol. The SMILES string of the molecule is C#CC(CC)NC(=O)c1cc([N+](=O)[O-])cnc1Cl. The van der Waals surface area contributed by atoms with Crippen molar-refractivity contribution in [1.29, 1.82) is 0 Å². The highest BCUT2D eigenvalue weighted by Gasteiger charge is 2.18. The summed E-state index contributed by atoms with van der Waals surface area (Å²) in [6, 6.07) is 0.612. The van der Waals surface area contributed by atoms with Crippen molar-refractivity contribution in [3.05, 3.63) is 33.1 Å². The zero-order valence-corrected chi connectivity index (χ0v) is 10.3. The van der Waals surface area contributed by atoms with E-state index in [9.17, 15) is 14.9 Å². The molecule has 1 amide bonds. The van der Waals surface area contributed by atoms with Gasteiger partial charge >= 0.3 is 0 Å². The van der Waals surface area contributed by atoms with E-state index in [4.69, 9.17) is 18.0 Å². The number of hydrogen-bond acceptors (Lipinski definition) is 4. The first-order valence-corrected chi connectivity index (χ1v) is 5.44. The van der Waals surface area contributed by atoms with Crippen LogP contribution in [0.15, 0.2) is 12.3 Å². The summed E-state index contributed by atoms with van der Waals surface area (Å²) in [5.74, 6) is 1.80. The number of carbonyl (C=O) groups is 1. The summed E-state index contributed by atoms with van der Waals surface area (Å²) in [7, 11) is 0. The van der Waals surface area contributed by atoms with Crippen molar-refractivity contribution in [3.63, 3.8) is 0 Å². The van der Waals surface area contributed by atoms with Crippen LogP contribution in [0.3, 0.4) is 0 Å². The highest BCUT2D eigenvalue weighted by molar-refractivity contribution is 6.32. The van der Waals surface area contributed by atoms with E-state index in [0.29, 0.717) is 6.42 Å². The molecule has 1 aromatic heterocycles. The van der Waals surface area contributed by atoms with E-state index in [1.54, 1.807) is 6.92 Å². The molecule has 7 heteroatoms. The van der Waals surface area contributed by atoms with Crippen molar-refractivity contribution in [3.8, 4) is 12.3 Å². The largest absolute Gasteiger partial charge is 0.338 e. The van der Waals surface area contributed by atoms with Crippen molar-refractivity contribution in [1.82, 2.24) is 10.3 Å². The number of nitrogens with one attached hydrogen (secondary N) is 1. The Morgan fingerprint density at radius 2 is 2.44 bits per heavy atom. The van der Waals surface area contributed by atoms with Crippen LogP contribution in [0.4, 0.5) is 5.69 Å². The Hall–Kier alpha value is -2.13. The Kier molecular flexibility index (Phi) is 4.63. The van der Waals surface area contributed by atoms with Crippen molar-refractivity contribution in [2.75, 3.05) is 0 Å². The highest BCUT2D eigenvalue weighted by atomic mass is 35.5. The van der Waals surface area contributed by atoms with Gasteiger partial charge in [0.2, 0.25) is 0 Å². The molecule has 1 atom stereocenters. The van der Waals surface area contributed by atoms with Crippen molar-refractivity contribution in [2.24, 2.45) is 0 Å². The lowest BCUT2D eigenvalue weighted by atomic mass is 10.2. The Bertz CT molecular complexity index is 525. The molecule has 0 saturated carbocycles. The second-order valence-electron chi connectivity index (χ2n) is 3.39. The Morgan fingerprint density at radius 1 is 1.78 bits per heavy atom. The fourth-order valence-electron chi connectivity index (χ4n) is 1.19. The van der Waals surface area contributed by atoms with Gasteiger partial charge in [-0.05, 0) is 6.42 Å². The number of nitrogens with zero attached hydrogens (tertiary/aromatic N) is 2. The van der Waals surface area contributed by atoms with E-state index in [1.807, 2.05) is 0 Å². The van der Waals surface area contributed by atoms with Crippen LogP contribution >= 0.6 is 11.6 Å². The lowest BCUT2D eigenvalue weighted by Gasteiger charge is -2.10. The van der Waals surface area contributed by atoms with Crippen LogP contribution in [0.25, 0.3) is 0 Å². The van der Waals surface area contributed by atoms with E-state index >= 15 is 0 Å². The van der Waals surface area contributed by atoms with Gasteiger partial charge in [0.1, 0.15) is 11.3 Å². The van der Waals surface area contributed by atoms with Crippen molar-refractivity contribution < 1.29 is 9.72 Å². The topological polar surface area (TPSA) is 85.1 Å². The molecule has 0 bridgehead atoms. The van der Waals surface area contributed by atoms with E-state index < -0.39 is 16.9 Å². The molecular weight excluding hydrogens is 258 g/mol. The Labute approximate surface area is 109 Å². The summed E-state index contributed by atoms with van der Waals surface area (Å²) in [6.45, 7) is 1.80. The molecule has 1 N–H and O–H groups in total. The molecule has 0 radical (unpaired) electrons. The first-order valence-electron chi connectivity index (χ1n) is 5.06. The predicted molar refractivity (Wildman–Crippen MR) is 66.3 cm³/mol. The molecule has 1 aromatic rings. The van der Waals surface area contributed by atoms with Crippen LogP contribution in [0.5, 0.6) is 0 Å². The maximum Gasteiger partial charge on any atom is 0.288 e. The van der Waals surface area contributed by atoms with Gasteiger partial charge in [-0.3, -0.25) is 14.9 Å². The number of aromatic nitrogens is 1. The van der Waals surface area contributed by atoms with Gasteiger partial charge in [-0.1, -0.05) is 24.4 Å². The van der Waals surface area contributed by atoms with Crippen molar-refractivity contribution in [2.45, 2.75) is 19.4 Å². The van der Waals surface area contributed by atoms with Crippen molar-refractivity contribution >= 4 is 23.2 Å². The number of nitro groups is 1. The number of carbonyl (C=O) groups excluding carboxylic acids is 1. The normalized spacial score (nSPS) is 11.4. The molecule has 0 aliphatic rings. The molecular formula is C11H10ClN3O3.